The van der Waals surface area contributed by atoms with E-state index in [2.05, 4.69) is 11.6 Å². The van der Waals surface area contributed by atoms with E-state index in [4.69, 9.17) is 26.2 Å². The Hall–Kier alpha value is -0.670. The van der Waals surface area contributed by atoms with E-state index >= 15 is 0 Å². The summed E-state index contributed by atoms with van der Waals surface area (Å²) in [5.41, 5.74) is 0. The third kappa shape index (κ3) is 4.20. The molecule has 1 rings (SSSR count). The van der Waals surface area contributed by atoms with Crippen molar-refractivity contribution in [3.63, 3.8) is 0 Å². The third-order valence-electron chi connectivity index (χ3n) is 1.09. The predicted molar refractivity (Wildman–Crippen MR) is 53.9 cm³/mol. The van der Waals surface area contributed by atoms with Crippen LogP contribution in [-0.4, -0.2) is 18.9 Å². The van der Waals surface area contributed by atoms with Crippen LogP contribution < -0.4 is 0 Å². The van der Waals surface area contributed by atoms with Crippen LogP contribution in [0.1, 0.15) is 12.7 Å². The minimum atomic E-state index is 0.0133. The molecule has 0 aliphatic carbocycles. The smallest absolute Gasteiger partial charge is 0.250 e. The van der Waals surface area contributed by atoms with Crippen molar-refractivity contribution < 1.29 is 9.15 Å². The number of halogens is 2. The highest BCUT2D eigenvalue weighted by Gasteiger charge is 2.05. The standard InChI is InChI=1S/C7H8ClNO2.CH3Cl/c1-2-10-7(9)5-3-4-6(8)11-5;1-2/h3-4,9H,2H2,1H3;1H3. The Kier molecular flexibility index (Phi) is 6.45. The van der Waals surface area contributed by atoms with Crippen LogP contribution in [0.5, 0.6) is 0 Å². The van der Waals surface area contributed by atoms with E-state index in [1.165, 1.54) is 6.38 Å². The minimum absolute atomic E-state index is 0.0133. The molecule has 0 unspecified atom stereocenters. The molecule has 0 amide bonds. The Labute approximate surface area is 87.1 Å². The Balaban J connectivity index is 0.000000671. The molecule has 74 valence electrons. The Morgan fingerprint density at radius 3 is 2.54 bits per heavy atom. The second kappa shape index (κ2) is 6.80. The number of rotatable bonds is 2. The van der Waals surface area contributed by atoms with Crippen molar-refractivity contribution in [1.82, 2.24) is 0 Å². The van der Waals surface area contributed by atoms with Crippen molar-refractivity contribution in [3.05, 3.63) is 23.1 Å². The molecule has 5 heteroatoms. The van der Waals surface area contributed by atoms with Crippen LogP contribution in [0.15, 0.2) is 16.5 Å². The van der Waals surface area contributed by atoms with Crippen LogP contribution in [0.25, 0.3) is 0 Å². The second-order valence-corrected chi connectivity index (χ2v) is 2.24. The molecule has 0 aliphatic rings. The van der Waals surface area contributed by atoms with Gasteiger partial charge in [-0.15, -0.1) is 11.6 Å². The van der Waals surface area contributed by atoms with E-state index in [9.17, 15) is 0 Å². The maximum absolute atomic E-state index is 7.27. The lowest BCUT2D eigenvalue weighted by Gasteiger charge is -1.99. The first-order valence-electron chi connectivity index (χ1n) is 3.59. The molecule has 0 aliphatic heterocycles. The minimum Gasteiger partial charge on any atom is -0.476 e. The monoisotopic (exact) mass is 223 g/mol. The normalized spacial score (nSPS) is 8.62. The van der Waals surface area contributed by atoms with Crippen LogP contribution in [0.2, 0.25) is 5.22 Å². The lowest BCUT2D eigenvalue weighted by molar-refractivity contribution is 0.316. The lowest BCUT2D eigenvalue weighted by atomic mass is 10.4. The maximum Gasteiger partial charge on any atom is 0.250 e. The molecule has 1 aromatic rings. The number of hydrogen-bond acceptors (Lipinski definition) is 3. The first kappa shape index (κ1) is 12.3. The number of nitrogens with one attached hydrogen (secondary N) is 1. The van der Waals surface area contributed by atoms with Crippen LogP contribution >= 0.6 is 23.2 Å². The van der Waals surface area contributed by atoms with E-state index < -0.39 is 0 Å². The van der Waals surface area contributed by atoms with Crippen molar-refractivity contribution >= 4 is 29.1 Å². The van der Waals surface area contributed by atoms with E-state index in [0.29, 0.717) is 12.4 Å². The van der Waals surface area contributed by atoms with Gasteiger partial charge in [0, 0.05) is 6.38 Å². The van der Waals surface area contributed by atoms with Crippen LogP contribution in [0, 0.1) is 5.41 Å². The summed E-state index contributed by atoms with van der Waals surface area (Å²) in [5.74, 6) is 0.372. The molecular formula is C8H11Cl2NO2. The second-order valence-electron chi connectivity index (χ2n) is 1.87. The van der Waals surface area contributed by atoms with Gasteiger partial charge in [-0.3, -0.25) is 5.41 Å². The molecule has 0 spiro atoms. The molecule has 0 bridgehead atoms. The van der Waals surface area contributed by atoms with Crippen molar-refractivity contribution in [2.45, 2.75) is 6.92 Å². The number of hydrogen-bond donors (Lipinski definition) is 1. The average molecular weight is 224 g/mol. The molecule has 0 saturated carbocycles. The fourth-order valence-electron chi connectivity index (χ4n) is 0.652. The first-order chi connectivity index (χ1) is 6.24. The molecule has 0 radical (unpaired) electrons. The fraction of sp³-hybridized carbons (Fsp3) is 0.375. The summed E-state index contributed by atoms with van der Waals surface area (Å²) in [5, 5.41) is 7.54. The molecule has 13 heavy (non-hydrogen) atoms. The van der Waals surface area contributed by atoms with Gasteiger partial charge >= 0.3 is 0 Å². The van der Waals surface area contributed by atoms with Crippen LogP contribution in [-0.2, 0) is 4.74 Å². The topological polar surface area (TPSA) is 46.2 Å². The average Bonchev–Trinajstić information content (AvgIpc) is 2.56. The van der Waals surface area contributed by atoms with Crippen molar-refractivity contribution in [2.75, 3.05) is 13.0 Å². The van der Waals surface area contributed by atoms with Crippen molar-refractivity contribution in [2.24, 2.45) is 0 Å². The molecule has 0 atom stereocenters. The fourth-order valence-corrected chi connectivity index (χ4v) is 0.798. The summed E-state index contributed by atoms with van der Waals surface area (Å²) < 4.78 is 9.79. The van der Waals surface area contributed by atoms with E-state index in [1.807, 2.05) is 0 Å². The van der Waals surface area contributed by atoms with Gasteiger partial charge in [0.1, 0.15) is 0 Å². The van der Waals surface area contributed by atoms with Gasteiger partial charge < -0.3 is 9.15 Å². The molecule has 1 aromatic heterocycles. The number of alkyl halides is 1. The molecule has 0 aromatic carbocycles. The van der Waals surface area contributed by atoms with Gasteiger partial charge in [0.15, 0.2) is 11.0 Å². The summed E-state index contributed by atoms with van der Waals surface area (Å²) >= 11 is 10.1. The SMILES string of the molecule is CCOC(=N)c1ccc(Cl)o1.CCl. The summed E-state index contributed by atoms with van der Waals surface area (Å²) in [6, 6.07) is 3.17. The Bertz CT molecular complexity index is 260. The zero-order chi connectivity index (χ0) is 10.3. The Morgan fingerprint density at radius 2 is 2.15 bits per heavy atom. The Morgan fingerprint density at radius 1 is 1.54 bits per heavy atom. The molecule has 0 fully saturated rings. The highest BCUT2D eigenvalue weighted by atomic mass is 35.5. The van der Waals surface area contributed by atoms with Gasteiger partial charge in [0.05, 0.1) is 6.61 Å². The lowest BCUT2D eigenvalue weighted by Crippen LogP contribution is -2.02. The van der Waals surface area contributed by atoms with Crippen LogP contribution in [0.3, 0.4) is 0 Å². The van der Waals surface area contributed by atoms with Gasteiger partial charge in [-0.2, -0.15) is 0 Å². The molecule has 1 heterocycles. The van der Waals surface area contributed by atoms with Gasteiger partial charge in [-0.05, 0) is 30.7 Å². The molecule has 1 N–H and O–H groups in total. The summed E-state index contributed by atoms with van der Waals surface area (Å²) in [4.78, 5) is 0. The van der Waals surface area contributed by atoms with Gasteiger partial charge in [0.2, 0.25) is 5.90 Å². The highest BCUT2D eigenvalue weighted by Crippen LogP contribution is 2.13. The number of ether oxygens (including phenoxy) is 1. The van der Waals surface area contributed by atoms with Gasteiger partial charge in [0.25, 0.3) is 0 Å². The van der Waals surface area contributed by atoms with Crippen LogP contribution in [0.4, 0.5) is 0 Å². The van der Waals surface area contributed by atoms with Gasteiger partial charge in [-0.1, -0.05) is 0 Å². The van der Waals surface area contributed by atoms with Crippen molar-refractivity contribution in [3.8, 4) is 0 Å². The first-order valence-corrected chi connectivity index (χ1v) is 4.72. The quantitative estimate of drug-likeness (QED) is 0.476. The summed E-state index contributed by atoms with van der Waals surface area (Å²) in [6.45, 7) is 2.26. The molecule has 3 nitrogen and oxygen atoms in total. The zero-order valence-corrected chi connectivity index (χ0v) is 8.95. The summed E-state index contributed by atoms with van der Waals surface area (Å²) in [6.07, 6.45) is 1.47. The highest BCUT2D eigenvalue weighted by molar-refractivity contribution is 6.29. The van der Waals surface area contributed by atoms with E-state index in [0.717, 1.165) is 0 Å². The van der Waals surface area contributed by atoms with Gasteiger partial charge in [-0.25, -0.2) is 0 Å². The molecule has 0 saturated heterocycles. The number of furan rings is 1. The summed E-state index contributed by atoms with van der Waals surface area (Å²) in [7, 11) is 0. The largest absolute Gasteiger partial charge is 0.476 e. The predicted octanol–water partition coefficient (Wildman–Crippen LogP) is 3.15. The van der Waals surface area contributed by atoms with E-state index in [-0.39, 0.29) is 11.1 Å². The van der Waals surface area contributed by atoms with E-state index in [1.54, 1.807) is 19.1 Å². The molecular weight excluding hydrogens is 213 g/mol. The third-order valence-corrected chi connectivity index (χ3v) is 1.29. The van der Waals surface area contributed by atoms with Crippen molar-refractivity contribution in [1.29, 1.82) is 5.41 Å². The maximum atomic E-state index is 7.27. The zero-order valence-electron chi connectivity index (χ0n) is 7.43.